The smallest absolute Gasteiger partial charge is 0.316 e. The highest BCUT2D eigenvalue weighted by molar-refractivity contribution is 8.00. The van der Waals surface area contributed by atoms with Crippen molar-refractivity contribution >= 4 is 17.7 Å². The van der Waals surface area contributed by atoms with Crippen molar-refractivity contribution in [3.8, 4) is 11.5 Å². The molecule has 0 aromatic heterocycles. The van der Waals surface area contributed by atoms with E-state index in [0.29, 0.717) is 19.0 Å². The van der Waals surface area contributed by atoms with E-state index in [0.717, 1.165) is 16.4 Å². The number of hydrogen-bond acceptors (Lipinski definition) is 5. The number of ether oxygens (including phenoxy) is 3. The fraction of sp³-hybridized carbons (Fsp3) is 0.462. The van der Waals surface area contributed by atoms with Gasteiger partial charge in [0.1, 0.15) is 13.2 Å². The third-order valence-electron chi connectivity index (χ3n) is 2.24. The van der Waals surface area contributed by atoms with Crippen LogP contribution in [-0.2, 0) is 9.53 Å². The van der Waals surface area contributed by atoms with Gasteiger partial charge in [0.2, 0.25) is 0 Å². The average molecular weight is 268 g/mol. The quantitative estimate of drug-likeness (QED) is 0.620. The summed E-state index contributed by atoms with van der Waals surface area (Å²) in [5.41, 5.74) is 0. The third-order valence-corrected chi connectivity index (χ3v) is 3.20. The van der Waals surface area contributed by atoms with E-state index in [4.69, 9.17) is 14.2 Å². The van der Waals surface area contributed by atoms with Crippen LogP contribution in [0.2, 0.25) is 0 Å². The third kappa shape index (κ3) is 3.57. The highest BCUT2D eigenvalue weighted by atomic mass is 32.2. The second-order valence-corrected chi connectivity index (χ2v) is 5.18. The van der Waals surface area contributed by atoms with Crippen LogP contribution in [0.4, 0.5) is 0 Å². The van der Waals surface area contributed by atoms with Crippen molar-refractivity contribution in [1.82, 2.24) is 0 Å². The number of esters is 1. The normalized spacial score (nSPS) is 13.5. The molecule has 2 rings (SSSR count). The predicted molar refractivity (Wildman–Crippen MR) is 69.4 cm³/mol. The SMILES string of the molecule is CC(C)OC(=O)CSc1ccc2c(c1)OCCO2. The molecule has 0 spiro atoms. The molecule has 0 N–H and O–H groups in total. The molecular formula is C13H16O4S. The molecule has 1 aliphatic rings. The van der Waals surface area contributed by atoms with Gasteiger partial charge in [-0.25, -0.2) is 0 Å². The molecule has 5 heteroatoms. The first kappa shape index (κ1) is 13.1. The molecule has 0 fully saturated rings. The Hall–Kier alpha value is -1.36. The minimum atomic E-state index is -0.204. The van der Waals surface area contributed by atoms with Crippen molar-refractivity contribution in [1.29, 1.82) is 0 Å². The van der Waals surface area contributed by atoms with E-state index in [1.165, 1.54) is 11.8 Å². The Morgan fingerprint density at radius 2 is 2.06 bits per heavy atom. The summed E-state index contributed by atoms with van der Waals surface area (Å²) in [4.78, 5) is 12.4. The molecular weight excluding hydrogens is 252 g/mol. The van der Waals surface area contributed by atoms with E-state index >= 15 is 0 Å². The number of hydrogen-bond donors (Lipinski definition) is 0. The molecule has 1 aromatic rings. The summed E-state index contributed by atoms with van der Waals surface area (Å²) in [5.74, 6) is 1.60. The summed E-state index contributed by atoms with van der Waals surface area (Å²) in [7, 11) is 0. The summed E-state index contributed by atoms with van der Waals surface area (Å²) in [5, 5.41) is 0. The second kappa shape index (κ2) is 6.00. The zero-order chi connectivity index (χ0) is 13.0. The number of thioether (sulfide) groups is 1. The van der Waals surface area contributed by atoms with Crippen LogP contribution >= 0.6 is 11.8 Å². The van der Waals surface area contributed by atoms with Gasteiger partial charge in [-0.15, -0.1) is 11.8 Å². The first-order chi connectivity index (χ1) is 8.65. The van der Waals surface area contributed by atoms with Crippen LogP contribution in [0.3, 0.4) is 0 Å². The van der Waals surface area contributed by atoms with Crippen molar-refractivity contribution < 1.29 is 19.0 Å². The highest BCUT2D eigenvalue weighted by Gasteiger charge is 2.13. The van der Waals surface area contributed by atoms with Crippen LogP contribution in [0.15, 0.2) is 23.1 Å². The van der Waals surface area contributed by atoms with Crippen LogP contribution in [0.25, 0.3) is 0 Å². The number of carbonyl (C=O) groups is 1. The van der Waals surface area contributed by atoms with Crippen LogP contribution in [0.5, 0.6) is 11.5 Å². The van der Waals surface area contributed by atoms with Gasteiger partial charge < -0.3 is 14.2 Å². The van der Waals surface area contributed by atoms with E-state index in [2.05, 4.69) is 0 Å². The number of carbonyl (C=O) groups excluding carboxylic acids is 1. The number of benzene rings is 1. The van der Waals surface area contributed by atoms with Gasteiger partial charge in [-0.1, -0.05) is 0 Å². The first-order valence-electron chi connectivity index (χ1n) is 5.87. The van der Waals surface area contributed by atoms with Gasteiger partial charge in [0.15, 0.2) is 11.5 Å². The lowest BCUT2D eigenvalue weighted by molar-refractivity contribution is -0.144. The van der Waals surface area contributed by atoms with Crippen LogP contribution in [0.1, 0.15) is 13.8 Å². The number of rotatable bonds is 4. The van der Waals surface area contributed by atoms with Gasteiger partial charge in [0.05, 0.1) is 11.9 Å². The molecule has 0 saturated heterocycles. The van der Waals surface area contributed by atoms with Crippen molar-refractivity contribution in [2.75, 3.05) is 19.0 Å². The molecule has 0 amide bonds. The van der Waals surface area contributed by atoms with Gasteiger partial charge in [-0.2, -0.15) is 0 Å². The summed E-state index contributed by atoms with van der Waals surface area (Å²) in [6.45, 7) is 4.83. The minimum Gasteiger partial charge on any atom is -0.486 e. The Kier molecular flexibility index (Phi) is 4.36. The monoisotopic (exact) mass is 268 g/mol. The molecule has 0 bridgehead atoms. The molecule has 4 nitrogen and oxygen atoms in total. The maximum absolute atomic E-state index is 11.4. The van der Waals surface area contributed by atoms with Crippen LogP contribution < -0.4 is 9.47 Å². The van der Waals surface area contributed by atoms with Gasteiger partial charge in [-0.05, 0) is 32.0 Å². The molecule has 1 aromatic carbocycles. The molecule has 0 aliphatic carbocycles. The molecule has 1 aliphatic heterocycles. The lowest BCUT2D eigenvalue weighted by Gasteiger charge is -2.18. The molecule has 0 atom stereocenters. The summed E-state index contributed by atoms with van der Waals surface area (Å²) in [6, 6.07) is 5.67. The lowest BCUT2D eigenvalue weighted by atomic mass is 10.3. The van der Waals surface area contributed by atoms with Crippen LogP contribution in [-0.4, -0.2) is 31.0 Å². The molecule has 0 radical (unpaired) electrons. The van der Waals surface area contributed by atoms with E-state index < -0.39 is 0 Å². The average Bonchev–Trinajstić information content (AvgIpc) is 2.35. The molecule has 0 saturated carbocycles. The summed E-state index contributed by atoms with van der Waals surface area (Å²) < 4.78 is 16.0. The lowest BCUT2D eigenvalue weighted by Crippen LogP contribution is -2.15. The topological polar surface area (TPSA) is 44.8 Å². The van der Waals surface area contributed by atoms with Crippen molar-refractivity contribution in [2.24, 2.45) is 0 Å². The van der Waals surface area contributed by atoms with Gasteiger partial charge in [0.25, 0.3) is 0 Å². The minimum absolute atomic E-state index is 0.0710. The Morgan fingerprint density at radius 1 is 1.33 bits per heavy atom. The van der Waals surface area contributed by atoms with Gasteiger partial charge in [-0.3, -0.25) is 4.79 Å². The molecule has 98 valence electrons. The van der Waals surface area contributed by atoms with Crippen molar-refractivity contribution in [3.63, 3.8) is 0 Å². The predicted octanol–water partition coefficient (Wildman–Crippen LogP) is 2.50. The van der Waals surface area contributed by atoms with E-state index in [1.807, 2.05) is 32.0 Å². The van der Waals surface area contributed by atoms with Crippen molar-refractivity contribution in [3.05, 3.63) is 18.2 Å². The van der Waals surface area contributed by atoms with Gasteiger partial charge in [0, 0.05) is 4.90 Å². The zero-order valence-electron chi connectivity index (χ0n) is 10.5. The Labute approximate surface area is 111 Å². The van der Waals surface area contributed by atoms with E-state index in [1.54, 1.807) is 0 Å². The van der Waals surface area contributed by atoms with E-state index in [9.17, 15) is 4.79 Å². The molecule has 1 heterocycles. The fourth-order valence-electron chi connectivity index (χ4n) is 1.55. The van der Waals surface area contributed by atoms with Gasteiger partial charge >= 0.3 is 5.97 Å². The standard InChI is InChI=1S/C13H16O4S/c1-9(2)17-13(14)8-18-10-3-4-11-12(7-10)16-6-5-15-11/h3-4,7,9H,5-6,8H2,1-2H3. The largest absolute Gasteiger partial charge is 0.486 e. The Morgan fingerprint density at radius 3 is 2.78 bits per heavy atom. The van der Waals surface area contributed by atoms with E-state index in [-0.39, 0.29) is 12.1 Å². The fourth-order valence-corrected chi connectivity index (χ4v) is 2.26. The Bertz CT molecular complexity index is 431. The maximum Gasteiger partial charge on any atom is 0.316 e. The Balaban J connectivity index is 1.92. The zero-order valence-corrected chi connectivity index (χ0v) is 11.3. The first-order valence-corrected chi connectivity index (χ1v) is 6.85. The maximum atomic E-state index is 11.4. The number of fused-ring (bicyclic) bond motifs is 1. The summed E-state index contributed by atoms with van der Waals surface area (Å²) >= 11 is 1.43. The molecule has 18 heavy (non-hydrogen) atoms. The second-order valence-electron chi connectivity index (χ2n) is 4.13. The van der Waals surface area contributed by atoms with Crippen LogP contribution in [0, 0.1) is 0 Å². The summed E-state index contributed by atoms with van der Waals surface area (Å²) in [6.07, 6.45) is -0.0710. The highest BCUT2D eigenvalue weighted by Crippen LogP contribution is 2.34. The van der Waals surface area contributed by atoms with Crippen molar-refractivity contribution in [2.45, 2.75) is 24.8 Å². The molecule has 0 unspecified atom stereocenters.